The lowest BCUT2D eigenvalue weighted by molar-refractivity contribution is -0.139. The molecular formula is C5H7Br2ClO2. The molecule has 2 nitrogen and oxygen atoms in total. The van der Waals surface area contributed by atoms with Gasteiger partial charge in [0.05, 0.1) is 7.11 Å². The number of carbonyl (C=O) groups is 1. The van der Waals surface area contributed by atoms with Crippen LogP contribution in [0.2, 0.25) is 0 Å². The Morgan fingerprint density at radius 1 is 1.80 bits per heavy atom. The maximum atomic E-state index is 10.8. The van der Waals surface area contributed by atoms with Crippen LogP contribution in [0.3, 0.4) is 0 Å². The van der Waals surface area contributed by atoms with Gasteiger partial charge >= 0.3 is 5.97 Å². The molecule has 0 unspecified atom stereocenters. The molecular weight excluding hydrogens is 287 g/mol. The van der Waals surface area contributed by atoms with Crippen LogP contribution in [0.4, 0.5) is 0 Å². The Hall–Kier alpha value is 0.720. The molecule has 0 aromatic rings. The fraction of sp³-hybridized carbons (Fsp3) is 0.800. The minimum atomic E-state index is -0.792. The van der Waals surface area contributed by atoms with Crippen LogP contribution < -0.4 is 0 Å². The molecule has 2 atom stereocenters. The van der Waals surface area contributed by atoms with Gasteiger partial charge in [0.2, 0.25) is 0 Å². The van der Waals surface area contributed by atoms with Gasteiger partial charge < -0.3 is 4.74 Å². The maximum Gasteiger partial charge on any atom is 0.322 e. The van der Waals surface area contributed by atoms with Gasteiger partial charge in [-0.15, -0.1) is 11.6 Å². The van der Waals surface area contributed by atoms with Gasteiger partial charge in [-0.05, 0) is 6.92 Å². The Morgan fingerprint density at radius 3 is 2.30 bits per heavy atom. The van der Waals surface area contributed by atoms with Gasteiger partial charge in [-0.3, -0.25) is 4.79 Å². The van der Waals surface area contributed by atoms with Crippen LogP contribution in [-0.4, -0.2) is 21.7 Å². The number of methoxy groups -OCH3 is 1. The van der Waals surface area contributed by atoms with E-state index in [-0.39, 0.29) is 0 Å². The maximum absolute atomic E-state index is 10.8. The Kier molecular flexibility index (Phi) is 4.21. The Bertz CT molecular complexity index is 132. The van der Waals surface area contributed by atoms with Crippen LogP contribution in [0.1, 0.15) is 6.92 Å². The quantitative estimate of drug-likeness (QED) is 0.577. The Morgan fingerprint density at radius 2 is 2.20 bits per heavy atom. The molecule has 0 saturated carbocycles. The van der Waals surface area contributed by atoms with Crippen molar-refractivity contribution in [3.05, 3.63) is 0 Å². The minimum Gasteiger partial charge on any atom is -0.468 e. The smallest absolute Gasteiger partial charge is 0.322 e. The number of hydrogen-bond donors (Lipinski definition) is 0. The van der Waals surface area contributed by atoms with E-state index in [0.717, 1.165) is 0 Å². The van der Waals surface area contributed by atoms with Crippen LogP contribution in [0.5, 0.6) is 0 Å². The number of rotatable bonds is 2. The lowest BCUT2D eigenvalue weighted by Gasteiger charge is -2.17. The van der Waals surface area contributed by atoms with Crippen molar-refractivity contribution >= 4 is 49.4 Å². The first kappa shape index (κ1) is 10.7. The summed E-state index contributed by atoms with van der Waals surface area (Å²) >= 11 is 11.9. The molecule has 0 amide bonds. The first-order valence-corrected chi connectivity index (χ1v) is 4.58. The molecule has 0 aromatic carbocycles. The van der Waals surface area contributed by atoms with E-state index in [1.807, 2.05) is 0 Å². The second-order valence-electron chi connectivity index (χ2n) is 1.84. The third-order valence-corrected chi connectivity index (χ3v) is 3.70. The van der Waals surface area contributed by atoms with Gasteiger partial charge in [-0.2, -0.15) is 0 Å². The van der Waals surface area contributed by atoms with Crippen LogP contribution in [-0.2, 0) is 9.53 Å². The highest BCUT2D eigenvalue weighted by atomic mass is 79.9. The molecule has 0 heterocycles. The van der Waals surface area contributed by atoms with Crippen molar-refractivity contribution in [2.75, 3.05) is 7.11 Å². The largest absolute Gasteiger partial charge is 0.468 e. The van der Waals surface area contributed by atoms with Crippen LogP contribution in [0.15, 0.2) is 0 Å². The van der Waals surface area contributed by atoms with Gasteiger partial charge in [0, 0.05) is 0 Å². The molecule has 0 fully saturated rings. The summed E-state index contributed by atoms with van der Waals surface area (Å²) in [6, 6.07) is 0. The fourth-order valence-electron chi connectivity index (χ4n) is 0.310. The van der Waals surface area contributed by atoms with E-state index in [9.17, 15) is 4.79 Å². The molecule has 0 rings (SSSR count). The fourth-order valence-corrected chi connectivity index (χ4v) is 0.773. The second-order valence-corrected chi connectivity index (χ2v) is 5.65. The molecule has 0 aliphatic rings. The first-order chi connectivity index (χ1) is 4.39. The van der Waals surface area contributed by atoms with E-state index >= 15 is 0 Å². The zero-order chi connectivity index (χ0) is 8.36. The summed E-state index contributed by atoms with van der Waals surface area (Å²) < 4.78 is 3.65. The van der Waals surface area contributed by atoms with Crippen LogP contribution in [0, 0.1) is 0 Å². The highest BCUT2D eigenvalue weighted by molar-refractivity contribution is 9.13. The number of carbonyl (C=O) groups excluding carboxylic acids is 1. The van der Waals surface area contributed by atoms with Gasteiger partial charge in [0.15, 0.2) is 0 Å². The van der Waals surface area contributed by atoms with Crippen molar-refractivity contribution in [3.8, 4) is 0 Å². The number of esters is 1. The predicted octanol–water partition coefficient (Wildman–Crippen LogP) is 2.27. The predicted molar refractivity (Wildman–Crippen MR) is 47.9 cm³/mol. The van der Waals surface area contributed by atoms with Crippen molar-refractivity contribution in [1.82, 2.24) is 0 Å². The summed E-state index contributed by atoms with van der Waals surface area (Å²) in [5, 5.41) is 0. The topological polar surface area (TPSA) is 26.3 Å². The van der Waals surface area contributed by atoms with Gasteiger partial charge in [-0.25, -0.2) is 0 Å². The molecule has 0 saturated heterocycles. The second kappa shape index (κ2) is 3.93. The number of alkyl halides is 3. The van der Waals surface area contributed by atoms with E-state index in [1.54, 1.807) is 6.92 Å². The molecule has 0 N–H and O–H groups in total. The lowest BCUT2D eigenvalue weighted by atomic mass is 10.3. The molecule has 60 valence electrons. The lowest BCUT2D eigenvalue weighted by Crippen LogP contribution is -2.30. The van der Waals surface area contributed by atoms with Crippen molar-refractivity contribution < 1.29 is 9.53 Å². The summed E-state index contributed by atoms with van der Waals surface area (Å²) in [6.45, 7) is 1.66. The monoisotopic (exact) mass is 292 g/mol. The number of ether oxygens (including phenoxy) is 1. The minimum absolute atomic E-state index is 0.394. The molecule has 10 heavy (non-hydrogen) atoms. The Labute approximate surface area is 81.5 Å². The summed E-state index contributed by atoms with van der Waals surface area (Å²) in [7, 11) is 1.31. The van der Waals surface area contributed by atoms with Crippen LogP contribution >= 0.6 is 43.5 Å². The highest BCUT2D eigenvalue weighted by Crippen LogP contribution is 2.32. The van der Waals surface area contributed by atoms with E-state index < -0.39 is 14.6 Å². The molecule has 0 radical (unpaired) electrons. The van der Waals surface area contributed by atoms with E-state index in [1.165, 1.54) is 7.11 Å². The number of hydrogen-bond acceptors (Lipinski definition) is 2. The van der Waals surface area contributed by atoms with Crippen molar-refractivity contribution in [3.63, 3.8) is 0 Å². The zero-order valence-electron chi connectivity index (χ0n) is 5.53. The van der Waals surface area contributed by atoms with Crippen molar-refractivity contribution in [2.45, 2.75) is 15.5 Å². The van der Waals surface area contributed by atoms with Gasteiger partial charge in [0.25, 0.3) is 0 Å². The molecule has 0 aliphatic carbocycles. The zero-order valence-corrected chi connectivity index (χ0v) is 9.46. The molecule has 5 heteroatoms. The molecule has 0 aromatic heterocycles. The normalized spacial score (nSPS) is 19.3. The Balaban J connectivity index is 4.08. The molecule has 0 aliphatic heterocycles. The van der Waals surface area contributed by atoms with E-state index in [2.05, 4.69) is 36.6 Å². The SMILES string of the molecule is COC(=O)[C@@H](Br)[C@@](C)(Cl)Br. The number of halogens is 3. The third-order valence-electron chi connectivity index (χ3n) is 0.853. The molecule has 0 spiro atoms. The van der Waals surface area contributed by atoms with Crippen molar-refractivity contribution in [2.24, 2.45) is 0 Å². The van der Waals surface area contributed by atoms with Gasteiger partial charge in [-0.1, -0.05) is 31.9 Å². The van der Waals surface area contributed by atoms with Crippen LogP contribution in [0.25, 0.3) is 0 Å². The standard InChI is InChI=1S/C5H7Br2ClO2/c1-5(7,8)3(6)4(9)10-2/h3H,1-2H3/t3-,5-/m1/s1. The molecule has 0 bridgehead atoms. The summed E-state index contributed by atoms with van der Waals surface area (Å²) in [4.78, 5) is 10.2. The average Bonchev–Trinajstić information content (AvgIpc) is 1.83. The van der Waals surface area contributed by atoms with E-state index in [0.29, 0.717) is 0 Å². The summed E-state index contributed by atoms with van der Waals surface area (Å²) in [6.07, 6.45) is 0. The highest BCUT2D eigenvalue weighted by Gasteiger charge is 2.33. The van der Waals surface area contributed by atoms with Gasteiger partial charge in [0.1, 0.15) is 8.61 Å². The van der Waals surface area contributed by atoms with E-state index in [4.69, 9.17) is 11.6 Å². The summed E-state index contributed by atoms with van der Waals surface area (Å²) in [5.41, 5.74) is 0. The summed E-state index contributed by atoms with van der Waals surface area (Å²) in [5.74, 6) is -0.394. The van der Waals surface area contributed by atoms with Crippen molar-refractivity contribution in [1.29, 1.82) is 0 Å². The third kappa shape index (κ3) is 3.21. The first-order valence-electron chi connectivity index (χ1n) is 2.49. The average molecular weight is 294 g/mol.